The Hall–Kier alpha value is -3.55. The number of hydrogen-bond acceptors (Lipinski definition) is 9. The molecule has 1 saturated heterocycles. The van der Waals surface area contributed by atoms with Gasteiger partial charge in [-0.25, -0.2) is 14.2 Å². The summed E-state index contributed by atoms with van der Waals surface area (Å²) in [4.78, 5) is 15.9. The number of likely N-dealkylation sites (tertiary alicyclic amines) is 1. The van der Waals surface area contributed by atoms with Crippen LogP contribution in [0.5, 0.6) is 0 Å². The Labute approximate surface area is 218 Å². The summed E-state index contributed by atoms with van der Waals surface area (Å²) >= 11 is 0. The molecule has 1 fully saturated rings. The normalized spacial score (nSPS) is 17.9. The molecule has 0 amide bonds. The van der Waals surface area contributed by atoms with Crippen molar-refractivity contribution in [3.8, 4) is 6.07 Å². The fourth-order valence-electron chi connectivity index (χ4n) is 5.08. The molecular weight excluding hydrogens is 484 g/mol. The molecule has 0 spiro atoms. The number of pyridine rings is 1. The first kappa shape index (κ1) is 25.1. The number of nitrogens with one attached hydrogen (secondary N) is 2. The van der Waals surface area contributed by atoms with E-state index >= 15 is 0 Å². The number of nitrogens with zero attached hydrogens (tertiary/aromatic N) is 6. The second-order valence-corrected chi connectivity index (χ2v) is 12.5. The summed E-state index contributed by atoms with van der Waals surface area (Å²) in [6.07, 6.45) is 11.9. The molecule has 2 N–H and O–H groups in total. The van der Waals surface area contributed by atoms with Gasteiger partial charge in [-0.15, -0.1) is 0 Å². The fourth-order valence-corrected chi connectivity index (χ4v) is 5.63. The highest BCUT2D eigenvalue weighted by Crippen LogP contribution is 2.29. The molecule has 3 heterocycles. The van der Waals surface area contributed by atoms with Crippen molar-refractivity contribution >= 4 is 38.8 Å². The number of rotatable bonds is 6. The Kier molecular flexibility index (Phi) is 7.35. The van der Waals surface area contributed by atoms with Gasteiger partial charge in [0.2, 0.25) is 5.95 Å². The van der Waals surface area contributed by atoms with E-state index in [1.807, 2.05) is 0 Å². The standard InChI is InChI=1S/C27H32N8OS/c1-37(2,36)34-25-7-5-6-24(31-25)32-26-21(17-28)18-29-27(33-26)30-22-11-8-19-9-12-23(13-10-20(19)16-22)35-14-3-4-15-35/h5-8,11,16,18,23H,3-4,9-10,12-15H2,1-2H3,(H2,29,30,31,32,33). The minimum atomic E-state index is -2.34. The molecule has 2 aromatic heterocycles. The monoisotopic (exact) mass is 516 g/mol. The molecule has 2 aliphatic rings. The van der Waals surface area contributed by atoms with Gasteiger partial charge in [0.05, 0.1) is 6.20 Å². The van der Waals surface area contributed by atoms with Crippen LogP contribution >= 0.6 is 0 Å². The van der Waals surface area contributed by atoms with Gasteiger partial charge in [-0.2, -0.15) is 14.6 Å². The van der Waals surface area contributed by atoms with Crippen molar-refractivity contribution in [3.63, 3.8) is 0 Å². The molecule has 1 aromatic carbocycles. The van der Waals surface area contributed by atoms with Crippen molar-refractivity contribution in [1.82, 2.24) is 19.9 Å². The first-order valence-electron chi connectivity index (χ1n) is 12.7. The molecule has 10 heteroatoms. The molecule has 9 nitrogen and oxygen atoms in total. The van der Waals surface area contributed by atoms with E-state index in [0.717, 1.165) is 18.5 Å². The van der Waals surface area contributed by atoms with Crippen LogP contribution in [-0.4, -0.2) is 55.7 Å². The molecule has 0 radical (unpaired) electrons. The van der Waals surface area contributed by atoms with E-state index in [-0.39, 0.29) is 0 Å². The summed E-state index contributed by atoms with van der Waals surface area (Å²) in [6.45, 7) is 2.49. The molecule has 1 aliphatic heterocycles. The van der Waals surface area contributed by atoms with Gasteiger partial charge >= 0.3 is 0 Å². The summed E-state index contributed by atoms with van der Waals surface area (Å²) in [5.41, 5.74) is 4.02. The zero-order chi connectivity index (χ0) is 25.8. The molecule has 5 rings (SSSR count). The summed E-state index contributed by atoms with van der Waals surface area (Å²) in [6, 6.07) is 14.5. The minimum absolute atomic E-state index is 0.291. The van der Waals surface area contributed by atoms with E-state index in [0.29, 0.717) is 35.0 Å². The summed E-state index contributed by atoms with van der Waals surface area (Å²) < 4.78 is 16.2. The predicted octanol–water partition coefficient (Wildman–Crippen LogP) is 4.93. The molecule has 1 atom stereocenters. The Morgan fingerprint density at radius 1 is 1.05 bits per heavy atom. The number of hydrogen-bond donors (Lipinski definition) is 2. The number of anilines is 4. The molecule has 0 bridgehead atoms. The van der Waals surface area contributed by atoms with Gasteiger partial charge in [0, 0.05) is 34.0 Å². The van der Waals surface area contributed by atoms with E-state index < -0.39 is 9.73 Å². The molecule has 0 saturated carbocycles. The maximum atomic E-state index is 12.0. The van der Waals surface area contributed by atoms with Crippen molar-refractivity contribution in [3.05, 3.63) is 59.3 Å². The Bertz CT molecular complexity index is 1440. The van der Waals surface area contributed by atoms with Crippen LogP contribution in [0.1, 0.15) is 42.4 Å². The van der Waals surface area contributed by atoms with Gasteiger partial charge in [-0.3, -0.25) is 0 Å². The number of aromatic nitrogens is 3. The lowest BCUT2D eigenvalue weighted by atomic mass is 10.0. The third kappa shape index (κ3) is 6.42. The lowest BCUT2D eigenvalue weighted by molar-refractivity contribution is 0.222. The average molecular weight is 517 g/mol. The van der Waals surface area contributed by atoms with Crippen LogP contribution < -0.4 is 10.6 Å². The van der Waals surface area contributed by atoms with E-state index in [2.05, 4.69) is 59.1 Å². The number of nitriles is 1. The van der Waals surface area contributed by atoms with Gasteiger partial charge in [0.1, 0.15) is 17.5 Å². The highest BCUT2D eigenvalue weighted by molar-refractivity contribution is 7.92. The maximum absolute atomic E-state index is 12.0. The summed E-state index contributed by atoms with van der Waals surface area (Å²) in [7, 11) is -2.34. The van der Waals surface area contributed by atoms with E-state index in [9.17, 15) is 9.47 Å². The van der Waals surface area contributed by atoms with Gasteiger partial charge in [-0.1, -0.05) is 12.1 Å². The summed E-state index contributed by atoms with van der Waals surface area (Å²) in [5.74, 6) is 1.52. The quantitative estimate of drug-likeness (QED) is 0.443. The van der Waals surface area contributed by atoms with Gasteiger partial charge < -0.3 is 15.5 Å². The predicted molar refractivity (Wildman–Crippen MR) is 147 cm³/mol. The molecular formula is C27H32N8OS. The molecule has 192 valence electrons. The second-order valence-electron chi connectivity index (χ2n) is 9.93. The lowest BCUT2D eigenvalue weighted by Gasteiger charge is -2.25. The number of fused-ring (bicyclic) bond motifs is 1. The first-order valence-corrected chi connectivity index (χ1v) is 15.0. The van der Waals surface area contributed by atoms with Gasteiger partial charge in [-0.05, 0) is 87.0 Å². The zero-order valence-corrected chi connectivity index (χ0v) is 22.1. The second kappa shape index (κ2) is 10.8. The van der Waals surface area contributed by atoms with Crippen LogP contribution in [0.15, 0.2) is 47.0 Å². The van der Waals surface area contributed by atoms with E-state index in [1.165, 1.54) is 56.1 Å². The first-order chi connectivity index (χ1) is 17.9. The van der Waals surface area contributed by atoms with Crippen LogP contribution in [0.4, 0.5) is 29.1 Å². The van der Waals surface area contributed by atoms with Crippen LogP contribution in [0, 0.1) is 11.3 Å². The SMILES string of the molecule is CS(C)(=O)=Nc1cccc(Nc2nc(Nc3ccc4c(c3)CCC(N3CCCC3)CC4)ncc2C#N)n1. The van der Waals surface area contributed by atoms with Crippen molar-refractivity contribution in [2.24, 2.45) is 4.36 Å². The summed E-state index contributed by atoms with van der Waals surface area (Å²) in [5, 5.41) is 16.0. The Morgan fingerprint density at radius 2 is 1.84 bits per heavy atom. The Morgan fingerprint density at radius 3 is 2.59 bits per heavy atom. The highest BCUT2D eigenvalue weighted by atomic mass is 32.2. The molecule has 1 aliphatic carbocycles. The maximum Gasteiger partial charge on any atom is 0.229 e. The zero-order valence-electron chi connectivity index (χ0n) is 21.3. The van der Waals surface area contributed by atoms with Crippen LogP contribution in [0.3, 0.4) is 0 Å². The highest BCUT2D eigenvalue weighted by Gasteiger charge is 2.24. The van der Waals surface area contributed by atoms with Crippen molar-refractivity contribution in [2.75, 3.05) is 36.2 Å². The van der Waals surface area contributed by atoms with Crippen molar-refractivity contribution in [2.45, 2.75) is 44.6 Å². The molecule has 37 heavy (non-hydrogen) atoms. The number of aryl methyl sites for hydroxylation is 2. The lowest BCUT2D eigenvalue weighted by Crippen LogP contribution is -2.32. The van der Waals surface area contributed by atoms with Crippen LogP contribution in [0.25, 0.3) is 0 Å². The minimum Gasteiger partial charge on any atom is -0.324 e. The number of benzene rings is 1. The van der Waals surface area contributed by atoms with Crippen molar-refractivity contribution < 1.29 is 4.21 Å². The average Bonchev–Trinajstić information content (AvgIpc) is 3.31. The largest absolute Gasteiger partial charge is 0.324 e. The van der Waals surface area contributed by atoms with Crippen LogP contribution in [0.2, 0.25) is 0 Å². The fraction of sp³-hybridized carbons (Fsp3) is 0.407. The topological polar surface area (TPSA) is 119 Å². The molecule has 3 aromatic rings. The Balaban J connectivity index is 1.33. The van der Waals surface area contributed by atoms with E-state index in [1.54, 1.807) is 30.7 Å². The van der Waals surface area contributed by atoms with Gasteiger partial charge in [0.15, 0.2) is 11.6 Å². The van der Waals surface area contributed by atoms with Crippen LogP contribution in [-0.2, 0) is 22.6 Å². The third-order valence-electron chi connectivity index (χ3n) is 6.82. The third-order valence-corrected chi connectivity index (χ3v) is 7.44. The van der Waals surface area contributed by atoms with Gasteiger partial charge in [0.25, 0.3) is 0 Å². The van der Waals surface area contributed by atoms with Crippen molar-refractivity contribution in [1.29, 1.82) is 5.26 Å². The van der Waals surface area contributed by atoms with E-state index in [4.69, 9.17) is 0 Å². The smallest absolute Gasteiger partial charge is 0.229 e. The molecule has 1 unspecified atom stereocenters.